The minimum atomic E-state index is 0.0637. The lowest BCUT2D eigenvalue weighted by Gasteiger charge is -2.29. The molecule has 1 aromatic rings. The van der Waals surface area contributed by atoms with Crippen molar-refractivity contribution in [1.29, 1.82) is 0 Å². The number of anilines is 1. The van der Waals surface area contributed by atoms with Crippen LogP contribution < -0.4 is 5.32 Å². The normalized spacial score (nSPS) is 33.5. The number of thiazole rings is 1. The Morgan fingerprint density at radius 1 is 1.35 bits per heavy atom. The molecule has 6 heteroatoms. The number of methoxy groups -OCH3 is 1. The molecule has 2 fully saturated rings. The number of hydrogen-bond donors (Lipinski definition) is 1. The van der Waals surface area contributed by atoms with Gasteiger partial charge in [-0.2, -0.15) is 0 Å². The lowest BCUT2D eigenvalue weighted by atomic mass is 9.86. The second kappa shape index (κ2) is 6.15. The van der Waals surface area contributed by atoms with Crippen molar-refractivity contribution in [1.82, 2.24) is 9.88 Å². The Morgan fingerprint density at radius 2 is 2.22 bits per heavy atom. The number of fused-ring (bicyclic) bond motifs is 4. The molecule has 4 rings (SSSR count). The zero-order valence-electron chi connectivity index (χ0n) is 13.9. The van der Waals surface area contributed by atoms with E-state index in [9.17, 15) is 4.79 Å². The summed E-state index contributed by atoms with van der Waals surface area (Å²) in [7, 11) is 3.96. The number of hydrogen-bond acceptors (Lipinski definition) is 5. The summed E-state index contributed by atoms with van der Waals surface area (Å²) in [5.41, 5.74) is 1.22. The maximum Gasteiger partial charge on any atom is 0.229 e. The number of carbonyl (C=O) groups is 1. The number of rotatable bonds is 3. The number of nitrogens with one attached hydrogen (secondary N) is 1. The number of nitrogens with zero attached hydrogens (tertiary/aromatic N) is 2. The third-order valence-corrected chi connectivity index (χ3v) is 6.97. The van der Waals surface area contributed by atoms with Crippen LogP contribution in [-0.4, -0.2) is 42.1 Å². The molecule has 1 N–H and O–H groups in total. The fourth-order valence-electron chi connectivity index (χ4n) is 4.43. The highest BCUT2D eigenvalue weighted by Crippen LogP contribution is 2.45. The summed E-state index contributed by atoms with van der Waals surface area (Å²) in [5, 5.41) is 3.87. The number of aromatic nitrogens is 1. The maximum atomic E-state index is 12.6. The number of likely N-dealkylation sites (N-methyl/N-ethyl adjacent to an activating group) is 1. The van der Waals surface area contributed by atoms with Crippen LogP contribution in [0.1, 0.15) is 55.1 Å². The molecule has 4 atom stereocenters. The van der Waals surface area contributed by atoms with Crippen LogP contribution in [0.2, 0.25) is 0 Å². The Labute approximate surface area is 141 Å². The Morgan fingerprint density at radius 3 is 3.04 bits per heavy atom. The predicted octanol–water partition coefficient (Wildman–Crippen LogP) is 2.98. The second-order valence-corrected chi connectivity index (χ2v) is 8.19. The molecule has 126 valence electrons. The van der Waals surface area contributed by atoms with Gasteiger partial charge in [0.1, 0.15) is 0 Å². The molecular weight excluding hydrogens is 310 g/mol. The molecule has 1 aromatic heterocycles. The van der Waals surface area contributed by atoms with Crippen molar-refractivity contribution in [3.05, 3.63) is 10.6 Å². The Hall–Kier alpha value is -0.980. The molecule has 0 aromatic carbocycles. The highest BCUT2D eigenvalue weighted by Gasteiger charge is 2.40. The molecule has 0 spiro atoms. The van der Waals surface area contributed by atoms with Gasteiger partial charge >= 0.3 is 0 Å². The molecule has 1 saturated carbocycles. The van der Waals surface area contributed by atoms with Gasteiger partial charge in [0.05, 0.1) is 11.8 Å². The van der Waals surface area contributed by atoms with E-state index < -0.39 is 0 Å². The summed E-state index contributed by atoms with van der Waals surface area (Å²) in [6.45, 7) is 0. The minimum absolute atomic E-state index is 0.0637. The first-order chi connectivity index (χ1) is 11.2. The van der Waals surface area contributed by atoms with Crippen LogP contribution in [0.25, 0.3) is 0 Å². The van der Waals surface area contributed by atoms with Gasteiger partial charge in [0.15, 0.2) is 5.13 Å². The third kappa shape index (κ3) is 2.81. The van der Waals surface area contributed by atoms with Crippen LogP contribution in [-0.2, 0) is 16.0 Å². The van der Waals surface area contributed by atoms with Crippen molar-refractivity contribution < 1.29 is 9.53 Å². The van der Waals surface area contributed by atoms with E-state index in [4.69, 9.17) is 9.72 Å². The zero-order chi connectivity index (χ0) is 16.0. The van der Waals surface area contributed by atoms with Crippen LogP contribution in [0.5, 0.6) is 0 Å². The van der Waals surface area contributed by atoms with E-state index in [-0.39, 0.29) is 17.9 Å². The number of amides is 1. The van der Waals surface area contributed by atoms with E-state index in [0.717, 1.165) is 37.2 Å². The fourth-order valence-corrected chi connectivity index (χ4v) is 5.61. The summed E-state index contributed by atoms with van der Waals surface area (Å²) >= 11 is 1.68. The van der Waals surface area contributed by atoms with Crippen LogP contribution in [0, 0.1) is 5.92 Å². The summed E-state index contributed by atoms with van der Waals surface area (Å²) in [6.07, 6.45) is 7.69. The summed E-state index contributed by atoms with van der Waals surface area (Å²) < 4.78 is 5.43. The van der Waals surface area contributed by atoms with Crippen molar-refractivity contribution in [2.24, 2.45) is 5.92 Å². The first-order valence-electron chi connectivity index (χ1n) is 8.71. The first kappa shape index (κ1) is 15.5. The Balaban J connectivity index is 1.45. The minimum Gasteiger partial charge on any atom is -0.381 e. The Kier molecular flexibility index (Phi) is 4.15. The van der Waals surface area contributed by atoms with Crippen LogP contribution in [0.3, 0.4) is 0 Å². The monoisotopic (exact) mass is 335 g/mol. The standard InChI is InChI=1S/C17H25N3O2S/c1-20-11-6-7-14(20)15-13(9-11)18-17(23-15)19-16(21)10-4-3-5-12(8-10)22-2/h10-12,14H,3-9H2,1-2H3,(H,18,19,21)/t10-,11-,12-,14+/m0/s1. The highest BCUT2D eigenvalue weighted by atomic mass is 32.1. The SMILES string of the molecule is CO[C@H]1CCC[C@H](C(=O)Nc2nc3c(s2)[C@H]2CC[C@@H](C3)N2C)C1. The zero-order valence-corrected chi connectivity index (χ0v) is 14.7. The van der Waals surface area contributed by atoms with Crippen molar-refractivity contribution in [2.75, 3.05) is 19.5 Å². The van der Waals surface area contributed by atoms with Crippen LogP contribution in [0.4, 0.5) is 5.13 Å². The largest absolute Gasteiger partial charge is 0.381 e. The van der Waals surface area contributed by atoms with Crippen LogP contribution in [0.15, 0.2) is 0 Å². The highest BCUT2D eigenvalue weighted by molar-refractivity contribution is 7.16. The van der Waals surface area contributed by atoms with Crippen molar-refractivity contribution in [3.8, 4) is 0 Å². The van der Waals surface area contributed by atoms with E-state index in [1.807, 2.05) is 0 Å². The predicted molar refractivity (Wildman–Crippen MR) is 90.7 cm³/mol. The lowest BCUT2D eigenvalue weighted by Crippen LogP contribution is -2.33. The topological polar surface area (TPSA) is 54.5 Å². The molecule has 5 nitrogen and oxygen atoms in total. The van der Waals surface area contributed by atoms with Gasteiger partial charge in [-0.05, 0) is 39.2 Å². The first-order valence-corrected chi connectivity index (χ1v) is 9.52. The van der Waals surface area contributed by atoms with E-state index >= 15 is 0 Å². The average molecular weight is 335 g/mol. The molecule has 0 radical (unpaired) electrons. The third-order valence-electron chi connectivity index (χ3n) is 5.86. The van der Waals surface area contributed by atoms with Gasteiger partial charge < -0.3 is 10.1 Å². The van der Waals surface area contributed by atoms with Gasteiger partial charge in [-0.15, -0.1) is 0 Å². The Bertz CT molecular complexity index is 603. The number of ether oxygens (including phenoxy) is 1. The van der Waals surface area contributed by atoms with Gasteiger partial charge in [0.25, 0.3) is 0 Å². The molecule has 2 aliphatic heterocycles. The molecule has 3 aliphatic rings. The van der Waals surface area contributed by atoms with Gasteiger partial charge in [-0.25, -0.2) is 4.98 Å². The summed E-state index contributed by atoms with van der Waals surface area (Å²) in [5.74, 6) is 0.185. The van der Waals surface area contributed by atoms with Gasteiger partial charge in [0, 0.05) is 36.4 Å². The lowest BCUT2D eigenvalue weighted by molar-refractivity contribution is -0.122. The molecule has 1 amide bonds. The quantitative estimate of drug-likeness (QED) is 0.923. The molecular formula is C17H25N3O2S. The molecule has 3 heterocycles. The molecule has 23 heavy (non-hydrogen) atoms. The van der Waals surface area contributed by atoms with Crippen molar-refractivity contribution in [2.45, 2.75) is 63.1 Å². The van der Waals surface area contributed by atoms with E-state index in [1.165, 1.54) is 23.4 Å². The summed E-state index contributed by atoms with van der Waals surface area (Å²) in [6, 6.07) is 1.15. The second-order valence-electron chi connectivity index (χ2n) is 7.16. The maximum absolute atomic E-state index is 12.6. The van der Waals surface area contributed by atoms with Gasteiger partial charge in [-0.1, -0.05) is 17.8 Å². The molecule has 1 saturated heterocycles. The van der Waals surface area contributed by atoms with E-state index in [1.54, 1.807) is 18.4 Å². The molecule has 2 bridgehead atoms. The van der Waals surface area contributed by atoms with E-state index in [2.05, 4.69) is 17.3 Å². The van der Waals surface area contributed by atoms with Crippen LogP contribution >= 0.6 is 11.3 Å². The molecule has 1 aliphatic carbocycles. The van der Waals surface area contributed by atoms with Gasteiger partial charge in [0.2, 0.25) is 5.91 Å². The summed E-state index contributed by atoms with van der Waals surface area (Å²) in [4.78, 5) is 21.1. The fraction of sp³-hybridized carbons (Fsp3) is 0.765. The number of carbonyl (C=O) groups excluding carboxylic acids is 1. The van der Waals surface area contributed by atoms with Gasteiger partial charge in [-0.3, -0.25) is 9.69 Å². The smallest absolute Gasteiger partial charge is 0.229 e. The molecule has 0 unspecified atom stereocenters. The van der Waals surface area contributed by atoms with Crippen molar-refractivity contribution in [3.63, 3.8) is 0 Å². The average Bonchev–Trinajstić information content (AvgIpc) is 3.07. The van der Waals surface area contributed by atoms with E-state index in [0.29, 0.717) is 12.1 Å². The van der Waals surface area contributed by atoms with Crippen molar-refractivity contribution >= 4 is 22.4 Å².